The maximum Gasteiger partial charge on any atom is 0.416 e. The summed E-state index contributed by atoms with van der Waals surface area (Å²) in [5.74, 6) is -3.63. The number of fused-ring (bicyclic) bond motifs is 2. The van der Waals surface area contributed by atoms with Gasteiger partial charge in [0.15, 0.2) is 0 Å². The minimum Gasteiger partial charge on any atom is -0.465 e. The van der Waals surface area contributed by atoms with E-state index in [0.29, 0.717) is 15.5 Å². The lowest BCUT2D eigenvalue weighted by Gasteiger charge is -2.31. The van der Waals surface area contributed by atoms with Gasteiger partial charge in [0.2, 0.25) is 11.8 Å². The maximum atomic E-state index is 13.9. The van der Waals surface area contributed by atoms with Crippen LogP contribution in [0.25, 0.3) is 0 Å². The SMILES string of the molecule is CCOC(=O)Cn1c2c(sc1=O)C(c1ccc(C(C)(C)C)cc1)C1C(=O)N(c3cccc(C(F)(F)F)c3)C(=O)C1S2. The predicted octanol–water partition coefficient (Wildman–Crippen LogP) is 5.59. The number of amides is 2. The van der Waals surface area contributed by atoms with Crippen molar-refractivity contribution in [2.45, 2.75) is 62.0 Å². The van der Waals surface area contributed by atoms with Crippen LogP contribution in [0.3, 0.4) is 0 Å². The lowest BCUT2D eigenvalue weighted by atomic mass is 9.81. The van der Waals surface area contributed by atoms with E-state index in [1.54, 1.807) is 6.92 Å². The quantitative estimate of drug-likeness (QED) is 0.279. The molecule has 2 aromatic carbocycles. The van der Waals surface area contributed by atoms with Crippen LogP contribution in [0.2, 0.25) is 0 Å². The minimum absolute atomic E-state index is 0.124. The molecule has 3 aromatic rings. The number of alkyl halides is 3. The number of halogens is 3. The van der Waals surface area contributed by atoms with Crippen LogP contribution in [0, 0.1) is 5.92 Å². The van der Waals surface area contributed by atoms with Crippen LogP contribution in [0.15, 0.2) is 58.4 Å². The number of anilines is 1. The number of ether oxygens (including phenoxy) is 1. The maximum absolute atomic E-state index is 13.9. The second-order valence-corrected chi connectivity index (χ2v) is 13.0. The van der Waals surface area contributed by atoms with E-state index < -0.39 is 51.5 Å². The van der Waals surface area contributed by atoms with Crippen molar-refractivity contribution in [2.75, 3.05) is 11.5 Å². The highest BCUT2D eigenvalue weighted by Crippen LogP contribution is 2.54. The summed E-state index contributed by atoms with van der Waals surface area (Å²) in [5, 5.41) is -0.634. The van der Waals surface area contributed by atoms with Crippen LogP contribution < -0.4 is 9.77 Å². The van der Waals surface area contributed by atoms with Gasteiger partial charge in [-0.05, 0) is 41.7 Å². The van der Waals surface area contributed by atoms with Crippen molar-refractivity contribution in [3.63, 3.8) is 0 Å². The third kappa shape index (κ3) is 5.23. The van der Waals surface area contributed by atoms with E-state index in [4.69, 9.17) is 4.74 Å². The number of hydrogen-bond acceptors (Lipinski definition) is 7. The number of hydrogen-bond donors (Lipinski definition) is 0. The standard InChI is InChI=1S/C29H27F3N2O5S2/c1-5-39-19(35)14-33-26-23(41-27(33)38)20(15-9-11-16(12-10-15)28(2,3)4)21-22(40-26)25(37)34(24(21)36)18-8-6-7-17(13-18)29(30,31)32/h6-13,20-22H,5,14H2,1-4H3. The molecule has 3 unspecified atom stereocenters. The van der Waals surface area contributed by atoms with Gasteiger partial charge in [-0.1, -0.05) is 74.2 Å². The monoisotopic (exact) mass is 604 g/mol. The Hall–Kier alpha value is -3.38. The number of benzene rings is 2. The van der Waals surface area contributed by atoms with Crippen LogP contribution in [0.1, 0.15) is 55.2 Å². The highest BCUT2D eigenvalue weighted by molar-refractivity contribution is 8.00. The molecular weight excluding hydrogens is 577 g/mol. The zero-order valence-corrected chi connectivity index (χ0v) is 24.3. The molecule has 2 amide bonds. The molecule has 0 saturated carbocycles. The Morgan fingerprint density at radius 1 is 0.976 bits per heavy atom. The number of imide groups is 1. The van der Waals surface area contributed by atoms with Crippen molar-refractivity contribution >= 4 is 46.6 Å². The summed E-state index contributed by atoms with van der Waals surface area (Å²) in [6.07, 6.45) is -4.66. The second kappa shape index (κ2) is 10.5. The topological polar surface area (TPSA) is 85.7 Å². The number of carbonyl (C=O) groups is 3. The van der Waals surface area contributed by atoms with Crippen molar-refractivity contribution in [2.24, 2.45) is 5.92 Å². The molecule has 41 heavy (non-hydrogen) atoms. The van der Waals surface area contributed by atoms with Crippen LogP contribution >= 0.6 is 23.1 Å². The Morgan fingerprint density at radius 2 is 1.66 bits per heavy atom. The number of thioether (sulfide) groups is 1. The van der Waals surface area contributed by atoms with Gasteiger partial charge in [0.05, 0.1) is 28.8 Å². The minimum atomic E-state index is -4.66. The number of esters is 1. The number of rotatable bonds is 5. The van der Waals surface area contributed by atoms with Gasteiger partial charge in [0.25, 0.3) is 0 Å². The number of nitrogens with zero attached hydrogens (tertiary/aromatic N) is 2. The normalized spacial score (nSPS) is 20.7. The van der Waals surface area contributed by atoms with Gasteiger partial charge in [-0.3, -0.25) is 23.7 Å². The smallest absolute Gasteiger partial charge is 0.416 e. The van der Waals surface area contributed by atoms with E-state index in [2.05, 4.69) is 20.8 Å². The van der Waals surface area contributed by atoms with E-state index in [-0.39, 0.29) is 24.3 Å². The Kier molecular flexibility index (Phi) is 7.44. The number of aromatic nitrogens is 1. The first kappa shape index (κ1) is 29.1. The molecule has 216 valence electrons. The van der Waals surface area contributed by atoms with Crippen molar-refractivity contribution in [1.29, 1.82) is 0 Å². The Morgan fingerprint density at radius 3 is 2.27 bits per heavy atom. The van der Waals surface area contributed by atoms with E-state index >= 15 is 0 Å². The number of carbonyl (C=O) groups excluding carboxylic acids is 3. The van der Waals surface area contributed by atoms with Crippen molar-refractivity contribution < 1.29 is 32.3 Å². The Balaban J connectivity index is 1.64. The predicted molar refractivity (Wildman–Crippen MR) is 149 cm³/mol. The van der Waals surface area contributed by atoms with E-state index in [0.717, 1.165) is 51.8 Å². The fraction of sp³-hybridized carbons (Fsp3) is 0.379. The summed E-state index contributed by atoms with van der Waals surface area (Å²) in [6.45, 7) is 7.57. The molecule has 2 aliphatic heterocycles. The molecule has 5 rings (SSSR count). The first-order valence-electron chi connectivity index (χ1n) is 12.9. The van der Waals surface area contributed by atoms with Crippen molar-refractivity contribution in [3.8, 4) is 0 Å². The van der Waals surface area contributed by atoms with Gasteiger partial charge in [-0.25, -0.2) is 4.90 Å². The van der Waals surface area contributed by atoms with E-state index in [9.17, 15) is 32.3 Å². The molecule has 0 spiro atoms. The zero-order valence-electron chi connectivity index (χ0n) is 22.7. The van der Waals surface area contributed by atoms with Gasteiger partial charge >= 0.3 is 17.0 Å². The molecule has 12 heteroatoms. The molecule has 0 N–H and O–H groups in total. The fourth-order valence-corrected chi connectivity index (χ4v) is 7.99. The lowest BCUT2D eigenvalue weighted by molar-refractivity contribution is -0.144. The second-order valence-electron chi connectivity index (χ2n) is 10.9. The van der Waals surface area contributed by atoms with Gasteiger partial charge < -0.3 is 4.74 Å². The molecule has 2 aliphatic rings. The molecule has 0 bridgehead atoms. The van der Waals surface area contributed by atoms with Gasteiger partial charge in [-0.15, -0.1) is 0 Å². The van der Waals surface area contributed by atoms with Gasteiger partial charge in [0.1, 0.15) is 11.8 Å². The zero-order chi connectivity index (χ0) is 29.9. The molecule has 1 saturated heterocycles. The first-order chi connectivity index (χ1) is 19.2. The molecule has 3 heterocycles. The van der Waals surface area contributed by atoms with Crippen molar-refractivity contribution in [1.82, 2.24) is 4.57 Å². The Labute approximate surface area is 242 Å². The summed E-state index contributed by atoms with van der Waals surface area (Å²) >= 11 is 1.88. The summed E-state index contributed by atoms with van der Waals surface area (Å²) in [7, 11) is 0. The molecule has 0 radical (unpaired) electrons. The van der Waals surface area contributed by atoms with E-state index in [1.165, 1.54) is 10.6 Å². The first-order valence-corrected chi connectivity index (χ1v) is 14.6. The molecule has 1 aromatic heterocycles. The average Bonchev–Trinajstić information content (AvgIpc) is 3.34. The third-order valence-electron chi connectivity index (χ3n) is 7.21. The Bertz CT molecular complexity index is 1590. The number of thiazole rings is 1. The average molecular weight is 605 g/mol. The lowest BCUT2D eigenvalue weighted by Crippen LogP contribution is -2.32. The summed E-state index contributed by atoms with van der Waals surface area (Å²) in [6, 6.07) is 11.7. The molecule has 7 nitrogen and oxygen atoms in total. The summed E-state index contributed by atoms with van der Waals surface area (Å²) < 4.78 is 46.7. The van der Waals surface area contributed by atoms with Crippen LogP contribution in [0.4, 0.5) is 18.9 Å². The molecule has 0 aliphatic carbocycles. The van der Waals surface area contributed by atoms with Crippen LogP contribution in [0.5, 0.6) is 0 Å². The van der Waals surface area contributed by atoms with Gasteiger partial charge in [-0.2, -0.15) is 13.2 Å². The largest absolute Gasteiger partial charge is 0.465 e. The van der Waals surface area contributed by atoms with Crippen LogP contribution in [-0.2, 0) is 37.3 Å². The van der Waals surface area contributed by atoms with E-state index in [1.807, 2.05) is 24.3 Å². The van der Waals surface area contributed by atoms with Crippen molar-refractivity contribution in [3.05, 3.63) is 79.8 Å². The highest BCUT2D eigenvalue weighted by Gasteiger charge is 2.57. The third-order valence-corrected chi connectivity index (χ3v) is 9.81. The molecular formula is C29H27F3N2O5S2. The summed E-state index contributed by atoms with van der Waals surface area (Å²) in [4.78, 5) is 54.0. The summed E-state index contributed by atoms with van der Waals surface area (Å²) in [5.41, 5.74) is 0.428. The van der Waals surface area contributed by atoms with Gasteiger partial charge in [0, 0.05) is 10.8 Å². The molecule has 3 atom stereocenters. The van der Waals surface area contributed by atoms with Crippen LogP contribution in [-0.4, -0.2) is 34.2 Å². The fourth-order valence-electron chi connectivity index (χ4n) is 5.22. The highest BCUT2D eigenvalue weighted by atomic mass is 32.2. The molecule has 1 fully saturated rings.